The van der Waals surface area contributed by atoms with E-state index in [1.54, 1.807) is 30.3 Å². The molecule has 0 heterocycles. The summed E-state index contributed by atoms with van der Waals surface area (Å²) >= 11 is 0. The Labute approximate surface area is 165 Å². The van der Waals surface area contributed by atoms with Crippen LogP contribution in [0.25, 0.3) is 0 Å². The first-order valence-corrected chi connectivity index (χ1v) is 9.24. The molecule has 1 atom stereocenters. The zero-order chi connectivity index (χ0) is 20.8. The van der Waals surface area contributed by atoms with Gasteiger partial charge in [0, 0.05) is 23.9 Å². The van der Waals surface area contributed by atoms with Gasteiger partial charge in [-0.1, -0.05) is 37.6 Å². The Morgan fingerprint density at radius 2 is 1.50 bits per heavy atom. The molecule has 0 saturated carbocycles. The summed E-state index contributed by atoms with van der Waals surface area (Å²) in [5, 5.41) is 8.43. The highest BCUT2D eigenvalue weighted by atomic mass is 16.2. The lowest BCUT2D eigenvalue weighted by molar-refractivity contribution is -0.119. The van der Waals surface area contributed by atoms with Crippen LogP contribution in [-0.2, 0) is 9.59 Å². The highest BCUT2D eigenvalue weighted by Crippen LogP contribution is 2.24. The van der Waals surface area contributed by atoms with Gasteiger partial charge in [-0.05, 0) is 49.6 Å². The fourth-order valence-corrected chi connectivity index (χ4v) is 2.85. The van der Waals surface area contributed by atoms with E-state index in [1.165, 1.54) is 6.92 Å². The van der Waals surface area contributed by atoms with Gasteiger partial charge < -0.3 is 16.0 Å². The average Bonchev–Trinajstić information content (AvgIpc) is 2.62. The molecule has 6 nitrogen and oxygen atoms in total. The molecule has 0 aliphatic heterocycles. The predicted molar refractivity (Wildman–Crippen MR) is 111 cm³/mol. The first-order chi connectivity index (χ1) is 13.2. The first-order valence-electron chi connectivity index (χ1n) is 9.24. The monoisotopic (exact) mass is 381 g/mol. The van der Waals surface area contributed by atoms with Gasteiger partial charge in [0.05, 0.1) is 0 Å². The minimum Gasteiger partial charge on any atom is -0.340 e. The van der Waals surface area contributed by atoms with Crippen molar-refractivity contribution in [2.45, 2.75) is 40.7 Å². The van der Waals surface area contributed by atoms with Crippen molar-refractivity contribution in [2.75, 3.05) is 10.6 Å². The van der Waals surface area contributed by atoms with Crippen LogP contribution in [0.5, 0.6) is 0 Å². The topological polar surface area (TPSA) is 87.3 Å². The van der Waals surface area contributed by atoms with Crippen LogP contribution in [0.3, 0.4) is 0 Å². The largest absolute Gasteiger partial charge is 0.340 e. The molecule has 0 bridgehead atoms. The molecule has 0 aliphatic carbocycles. The van der Waals surface area contributed by atoms with Gasteiger partial charge >= 0.3 is 0 Å². The molecule has 2 aromatic rings. The summed E-state index contributed by atoms with van der Waals surface area (Å²) in [7, 11) is 0. The molecule has 0 saturated heterocycles. The summed E-state index contributed by atoms with van der Waals surface area (Å²) in [4.78, 5) is 36.8. The number of carbonyl (C=O) groups is 3. The van der Waals surface area contributed by atoms with E-state index >= 15 is 0 Å². The molecule has 3 N–H and O–H groups in total. The number of nitrogens with one attached hydrogen (secondary N) is 3. The Morgan fingerprint density at radius 1 is 0.893 bits per heavy atom. The van der Waals surface area contributed by atoms with E-state index in [-0.39, 0.29) is 23.6 Å². The third kappa shape index (κ3) is 5.42. The predicted octanol–water partition coefficient (Wildman–Crippen LogP) is 3.65. The molecule has 0 spiro atoms. The van der Waals surface area contributed by atoms with Gasteiger partial charge in [-0.15, -0.1) is 0 Å². The average molecular weight is 381 g/mol. The van der Waals surface area contributed by atoms with Crippen LogP contribution in [-0.4, -0.2) is 23.8 Å². The van der Waals surface area contributed by atoms with E-state index in [9.17, 15) is 14.4 Å². The SMILES string of the molecule is CC(=O)Nc1cccc(NC(=O)C(NC(=O)c2cccc(C)c2)C(C)C)c1C. The van der Waals surface area contributed by atoms with Crippen molar-refractivity contribution in [1.82, 2.24) is 5.32 Å². The van der Waals surface area contributed by atoms with Crippen LogP contribution in [0.1, 0.15) is 42.3 Å². The molecule has 0 fully saturated rings. The van der Waals surface area contributed by atoms with Crippen LogP contribution in [0.2, 0.25) is 0 Å². The Balaban J connectivity index is 2.17. The Hall–Kier alpha value is -3.15. The van der Waals surface area contributed by atoms with Crippen molar-refractivity contribution in [3.63, 3.8) is 0 Å². The maximum Gasteiger partial charge on any atom is 0.251 e. The molecule has 2 aromatic carbocycles. The number of hydrogen-bond acceptors (Lipinski definition) is 3. The first kappa shape index (κ1) is 21.2. The summed E-state index contributed by atoms with van der Waals surface area (Å²) < 4.78 is 0. The smallest absolute Gasteiger partial charge is 0.251 e. The van der Waals surface area contributed by atoms with Gasteiger partial charge in [0.25, 0.3) is 5.91 Å². The minimum absolute atomic E-state index is 0.104. The van der Waals surface area contributed by atoms with E-state index in [0.29, 0.717) is 16.9 Å². The molecule has 0 radical (unpaired) electrons. The third-order valence-corrected chi connectivity index (χ3v) is 4.42. The second kappa shape index (κ2) is 9.17. The summed E-state index contributed by atoms with van der Waals surface area (Å²) in [5.74, 6) is -0.884. The number of aryl methyl sites for hydroxylation is 1. The molecule has 3 amide bonds. The van der Waals surface area contributed by atoms with Gasteiger partial charge in [0.15, 0.2) is 0 Å². The second-order valence-electron chi connectivity index (χ2n) is 7.21. The van der Waals surface area contributed by atoms with Crippen molar-refractivity contribution >= 4 is 29.1 Å². The second-order valence-corrected chi connectivity index (χ2v) is 7.21. The zero-order valence-corrected chi connectivity index (χ0v) is 16.9. The maximum absolute atomic E-state index is 12.9. The summed E-state index contributed by atoms with van der Waals surface area (Å²) in [6, 6.07) is 11.8. The molecule has 2 rings (SSSR count). The van der Waals surface area contributed by atoms with Crippen molar-refractivity contribution in [3.05, 3.63) is 59.2 Å². The Kier molecular flexibility index (Phi) is 6.93. The lowest BCUT2D eigenvalue weighted by Crippen LogP contribution is -2.47. The van der Waals surface area contributed by atoms with Crippen LogP contribution in [0.4, 0.5) is 11.4 Å². The van der Waals surface area contributed by atoms with Crippen LogP contribution in [0, 0.1) is 19.8 Å². The highest BCUT2D eigenvalue weighted by molar-refractivity contribution is 6.02. The van der Waals surface area contributed by atoms with Gasteiger partial charge in [0.2, 0.25) is 11.8 Å². The van der Waals surface area contributed by atoms with Crippen LogP contribution in [0.15, 0.2) is 42.5 Å². The number of carbonyl (C=O) groups excluding carboxylic acids is 3. The summed E-state index contributed by atoms with van der Waals surface area (Å²) in [5.41, 5.74) is 3.46. The van der Waals surface area contributed by atoms with E-state index in [0.717, 1.165) is 11.1 Å². The van der Waals surface area contributed by atoms with Crippen molar-refractivity contribution < 1.29 is 14.4 Å². The van der Waals surface area contributed by atoms with Gasteiger partial charge in [-0.3, -0.25) is 14.4 Å². The quantitative estimate of drug-likeness (QED) is 0.714. The molecule has 6 heteroatoms. The molecular weight excluding hydrogens is 354 g/mol. The van der Waals surface area contributed by atoms with Crippen molar-refractivity contribution in [1.29, 1.82) is 0 Å². The summed E-state index contributed by atoms with van der Waals surface area (Å²) in [6.07, 6.45) is 0. The van der Waals surface area contributed by atoms with E-state index in [2.05, 4.69) is 16.0 Å². The number of anilines is 2. The zero-order valence-electron chi connectivity index (χ0n) is 16.9. The third-order valence-electron chi connectivity index (χ3n) is 4.42. The lowest BCUT2D eigenvalue weighted by atomic mass is 10.0. The number of amides is 3. The number of benzene rings is 2. The maximum atomic E-state index is 12.9. The van der Waals surface area contributed by atoms with Crippen LogP contribution < -0.4 is 16.0 Å². The fourth-order valence-electron chi connectivity index (χ4n) is 2.85. The highest BCUT2D eigenvalue weighted by Gasteiger charge is 2.25. The van der Waals surface area contributed by atoms with Crippen molar-refractivity contribution in [2.24, 2.45) is 5.92 Å². The molecule has 28 heavy (non-hydrogen) atoms. The number of rotatable bonds is 6. The Morgan fingerprint density at radius 3 is 2.07 bits per heavy atom. The van der Waals surface area contributed by atoms with Crippen molar-refractivity contribution in [3.8, 4) is 0 Å². The van der Waals surface area contributed by atoms with E-state index in [1.807, 2.05) is 39.8 Å². The standard InChI is InChI=1S/C22H27N3O3/c1-13(2)20(25-21(27)17-9-6-8-14(3)12-17)22(28)24-19-11-7-10-18(15(19)4)23-16(5)26/h6-13,20H,1-5H3,(H,23,26)(H,24,28)(H,25,27). The minimum atomic E-state index is -0.697. The van der Waals surface area contributed by atoms with E-state index < -0.39 is 6.04 Å². The van der Waals surface area contributed by atoms with Gasteiger partial charge in [0.1, 0.15) is 6.04 Å². The molecule has 0 aromatic heterocycles. The van der Waals surface area contributed by atoms with Gasteiger partial charge in [-0.25, -0.2) is 0 Å². The molecule has 0 aliphatic rings. The Bertz CT molecular complexity index is 890. The summed E-state index contributed by atoms with van der Waals surface area (Å²) in [6.45, 7) is 8.91. The van der Waals surface area contributed by atoms with Gasteiger partial charge in [-0.2, -0.15) is 0 Å². The fraction of sp³-hybridized carbons (Fsp3) is 0.318. The molecule has 1 unspecified atom stereocenters. The normalized spacial score (nSPS) is 11.6. The molecule has 148 valence electrons. The lowest BCUT2D eigenvalue weighted by Gasteiger charge is -2.23. The molecular formula is C22H27N3O3. The van der Waals surface area contributed by atoms with E-state index in [4.69, 9.17) is 0 Å². The number of hydrogen-bond donors (Lipinski definition) is 3. The van der Waals surface area contributed by atoms with Crippen LogP contribution >= 0.6 is 0 Å².